The van der Waals surface area contributed by atoms with Crippen LogP contribution < -0.4 is 0 Å². The highest BCUT2D eigenvalue weighted by Crippen LogP contribution is 2.20. The summed E-state index contributed by atoms with van der Waals surface area (Å²) in [6, 6.07) is 3.88. The molecule has 24 heavy (non-hydrogen) atoms. The molecule has 1 aliphatic heterocycles. The Bertz CT molecular complexity index is 658. The summed E-state index contributed by atoms with van der Waals surface area (Å²) in [6.45, 7) is 3.74. The highest BCUT2D eigenvalue weighted by atomic mass is 16.5. The molecule has 1 amide bonds. The minimum atomic E-state index is -0.247. The number of pyridine rings is 1. The van der Waals surface area contributed by atoms with Gasteiger partial charge in [0.1, 0.15) is 11.9 Å². The van der Waals surface area contributed by atoms with Gasteiger partial charge in [0.25, 0.3) is 0 Å². The quantitative estimate of drug-likeness (QED) is 0.872. The van der Waals surface area contributed by atoms with Crippen molar-refractivity contribution >= 4 is 5.91 Å². The standard InChI is InChI=1S/C17H23N5O2/c1-2-4-15-19-17(21-20-15)14-12-22(9-10-24-14)16(23)7-6-13-5-3-8-18-11-13/h3,5,8,11,14H,2,4,6-7,9-10,12H2,1H3,(H,19,20,21)/t14-/m0/s1. The summed E-state index contributed by atoms with van der Waals surface area (Å²) in [4.78, 5) is 22.9. The lowest BCUT2D eigenvalue weighted by molar-refractivity contribution is -0.139. The topological polar surface area (TPSA) is 84.0 Å². The monoisotopic (exact) mass is 329 g/mol. The zero-order chi connectivity index (χ0) is 16.8. The van der Waals surface area contributed by atoms with Gasteiger partial charge in [-0.3, -0.25) is 14.9 Å². The highest BCUT2D eigenvalue weighted by Gasteiger charge is 2.27. The smallest absolute Gasteiger partial charge is 0.223 e. The van der Waals surface area contributed by atoms with Gasteiger partial charge >= 0.3 is 0 Å². The molecule has 0 aliphatic carbocycles. The number of aryl methyl sites for hydroxylation is 2. The molecule has 1 saturated heterocycles. The molecule has 7 heteroatoms. The predicted molar refractivity (Wildman–Crippen MR) is 88.2 cm³/mol. The van der Waals surface area contributed by atoms with Crippen molar-refractivity contribution in [1.82, 2.24) is 25.1 Å². The lowest BCUT2D eigenvalue weighted by Gasteiger charge is -2.31. The molecule has 0 unspecified atom stereocenters. The number of H-pyrrole nitrogens is 1. The molecule has 0 spiro atoms. The molecule has 1 N–H and O–H groups in total. The molecule has 7 nitrogen and oxygen atoms in total. The number of morpholine rings is 1. The number of aromatic amines is 1. The van der Waals surface area contributed by atoms with E-state index in [-0.39, 0.29) is 12.0 Å². The molecule has 1 aliphatic rings. The van der Waals surface area contributed by atoms with Crippen LogP contribution in [0, 0.1) is 0 Å². The second-order valence-electron chi connectivity index (χ2n) is 5.95. The Morgan fingerprint density at radius 1 is 1.46 bits per heavy atom. The first-order valence-electron chi connectivity index (χ1n) is 8.45. The van der Waals surface area contributed by atoms with Gasteiger partial charge in [0, 0.05) is 31.8 Å². The second kappa shape index (κ2) is 8.01. The van der Waals surface area contributed by atoms with E-state index < -0.39 is 0 Å². The van der Waals surface area contributed by atoms with Crippen molar-refractivity contribution < 1.29 is 9.53 Å². The van der Waals surface area contributed by atoms with Crippen LogP contribution in [0.4, 0.5) is 0 Å². The molecule has 2 aromatic rings. The fourth-order valence-corrected chi connectivity index (χ4v) is 2.79. The number of nitrogens with one attached hydrogen (secondary N) is 1. The molecule has 3 rings (SSSR count). The van der Waals surface area contributed by atoms with Crippen molar-refractivity contribution in [1.29, 1.82) is 0 Å². The number of carbonyl (C=O) groups is 1. The van der Waals surface area contributed by atoms with Crippen LogP contribution in [0.5, 0.6) is 0 Å². The third kappa shape index (κ3) is 4.17. The lowest BCUT2D eigenvalue weighted by Crippen LogP contribution is -2.42. The van der Waals surface area contributed by atoms with Gasteiger partial charge in [-0.2, -0.15) is 5.10 Å². The number of amides is 1. The van der Waals surface area contributed by atoms with E-state index in [1.54, 1.807) is 12.4 Å². The Hall–Kier alpha value is -2.28. The molecule has 1 fully saturated rings. The SMILES string of the molecule is CCCc1nc([C@@H]2CN(C(=O)CCc3cccnc3)CCO2)n[nH]1. The fourth-order valence-electron chi connectivity index (χ4n) is 2.79. The van der Waals surface area contributed by atoms with Gasteiger partial charge in [0.2, 0.25) is 5.91 Å². The van der Waals surface area contributed by atoms with Crippen LogP contribution in [-0.4, -0.2) is 50.7 Å². The van der Waals surface area contributed by atoms with Gasteiger partial charge in [0.15, 0.2) is 5.82 Å². The minimum absolute atomic E-state index is 0.136. The van der Waals surface area contributed by atoms with Gasteiger partial charge in [-0.15, -0.1) is 0 Å². The molecule has 1 atom stereocenters. The largest absolute Gasteiger partial charge is 0.366 e. The van der Waals surface area contributed by atoms with Crippen LogP contribution in [0.2, 0.25) is 0 Å². The van der Waals surface area contributed by atoms with Gasteiger partial charge in [0.05, 0.1) is 13.2 Å². The number of aromatic nitrogens is 4. The third-order valence-corrected chi connectivity index (χ3v) is 4.09. The Kier molecular flexibility index (Phi) is 5.53. The highest BCUT2D eigenvalue weighted by molar-refractivity contribution is 5.76. The molecule has 3 heterocycles. The first kappa shape index (κ1) is 16.6. The second-order valence-corrected chi connectivity index (χ2v) is 5.95. The van der Waals surface area contributed by atoms with Crippen molar-refractivity contribution in [2.75, 3.05) is 19.7 Å². The van der Waals surface area contributed by atoms with Crippen LogP contribution in [0.25, 0.3) is 0 Å². The lowest BCUT2D eigenvalue weighted by atomic mass is 10.1. The maximum atomic E-state index is 12.5. The van der Waals surface area contributed by atoms with Gasteiger partial charge in [-0.25, -0.2) is 4.98 Å². The van der Waals surface area contributed by atoms with Crippen molar-refractivity contribution in [2.24, 2.45) is 0 Å². The first-order valence-corrected chi connectivity index (χ1v) is 8.45. The maximum Gasteiger partial charge on any atom is 0.223 e. The molecular weight excluding hydrogens is 306 g/mol. The molecule has 0 aromatic carbocycles. The van der Waals surface area contributed by atoms with Crippen LogP contribution in [-0.2, 0) is 22.4 Å². The van der Waals surface area contributed by atoms with E-state index in [2.05, 4.69) is 27.1 Å². The number of nitrogens with zero attached hydrogens (tertiary/aromatic N) is 4. The molecular formula is C17H23N5O2. The zero-order valence-corrected chi connectivity index (χ0v) is 13.9. The van der Waals surface area contributed by atoms with E-state index in [4.69, 9.17) is 4.74 Å². The van der Waals surface area contributed by atoms with Crippen molar-refractivity contribution in [2.45, 2.75) is 38.7 Å². The molecule has 0 saturated carbocycles. The summed E-state index contributed by atoms with van der Waals surface area (Å²) >= 11 is 0. The maximum absolute atomic E-state index is 12.5. The zero-order valence-electron chi connectivity index (χ0n) is 13.9. The third-order valence-electron chi connectivity index (χ3n) is 4.09. The number of ether oxygens (including phenoxy) is 1. The Morgan fingerprint density at radius 3 is 3.17 bits per heavy atom. The number of hydrogen-bond donors (Lipinski definition) is 1. The normalized spacial score (nSPS) is 17.9. The summed E-state index contributed by atoms with van der Waals surface area (Å²) in [6.07, 6.45) is 6.36. The number of hydrogen-bond acceptors (Lipinski definition) is 5. The van der Waals surface area contributed by atoms with Gasteiger partial charge < -0.3 is 9.64 Å². The van der Waals surface area contributed by atoms with E-state index in [1.807, 2.05) is 17.0 Å². The number of carbonyl (C=O) groups excluding carboxylic acids is 1. The molecule has 128 valence electrons. The molecule has 2 aromatic heterocycles. The summed E-state index contributed by atoms with van der Waals surface area (Å²) in [5, 5.41) is 7.18. The summed E-state index contributed by atoms with van der Waals surface area (Å²) < 4.78 is 5.75. The van der Waals surface area contributed by atoms with E-state index in [1.165, 1.54) is 0 Å². The van der Waals surface area contributed by atoms with Gasteiger partial charge in [-0.1, -0.05) is 13.0 Å². The predicted octanol–water partition coefficient (Wildman–Crippen LogP) is 1.68. The van der Waals surface area contributed by atoms with E-state index in [9.17, 15) is 4.79 Å². The molecule has 0 bridgehead atoms. The van der Waals surface area contributed by atoms with Crippen LogP contribution in [0.3, 0.4) is 0 Å². The van der Waals surface area contributed by atoms with Gasteiger partial charge in [-0.05, 0) is 24.5 Å². The average Bonchev–Trinajstić information content (AvgIpc) is 3.10. The first-order chi connectivity index (χ1) is 11.8. The van der Waals surface area contributed by atoms with Crippen molar-refractivity contribution in [3.63, 3.8) is 0 Å². The summed E-state index contributed by atoms with van der Waals surface area (Å²) in [5.74, 6) is 1.65. The van der Waals surface area contributed by atoms with E-state index in [0.29, 0.717) is 38.4 Å². The summed E-state index contributed by atoms with van der Waals surface area (Å²) in [7, 11) is 0. The number of rotatable bonds is 6. The van der Waals surface area contributed by atoms with Crippen molar-refractivity contribution in [3.8, 4) is 0 Å². The minimum Gasteiger partial charge on any atom is -0.366 e. The van der Waals surface area contributed by atoms with E-state index in [0.717, 1.165) is 24.2 Å². The molecule has 0 radical (unpaired) electrons. The van der Waals surface area contributed by atoms with Crippen molar-refractivity contribution in [3.05, 3.63) is 41.7 Å². The summed E-state index contributed by atoms with van der Waals surface area (Å²) in [5.41, 5.74) is 1.08. The van der Waals surface area contributed by atoms with Crippen LogP contribution in [0.15, 0.2) is 24.5 Å². The fraction of sp³-hybridized carbons (Fsp3) is 0.529. The Labute approximate surface area is 141 Å². The van der Waals surface area contributed by atoms with Crippen LogP contribution >= 0.6 is 0 Å². The Balaban J connectivity index is 1.55. The Morgan fingerprint density at radius 2 is 2.38 bits per heavy atom. The van der Waals surface area contributed by atoms with Crippen LogP contribution in [0.1, 0.15) is 43.1 Å². The van der Waals surface area contributed by atoms with E-state index >= 15 is 0 Å². The average molecular weight is 329 g/mol.